The third-order valence-corrected chi connectivity index (χ3v) is 2.89. The van der Waals surface area contributed by atoms with Crippen molar-refractivity contribution in [3.63, 3.8) is 0 Å². The van der Waals surface area contributed by atoms with Crippen molar-refractivity contribution in [3.8, 4) is 0 Å². The van der Waals surface area contributed by atoms with E-state index in [-0.39, 0.29) is 0 Å². The minimum atomic E-state index is 0.401. The van der Waals surface area contributed by atoms with E-state index >= 15 is 0 Å². The quantitative estimate of drug-likeness (QED) is 0.467. The molecule has 1 aliphatic rings. The SMILES string of the molecule is C=CCCCC(=O)C1CCCCC1. The summed E-state index contributed by atoms with van der Waals surface area (Å²) in [6.45, 7) is 3.66. The molecular weight excluding hydrogens is 160 g/mol. The molecule has 0 N–H and O–H groups in total. The summed E-state index contributed by atoms with van der Waals surface area (Å²) in [5, 5.41) is 0. The summed E-state index contributed by atoms with van der Waals surface area (Å²) in [5.41, 5.74) is 0. The Morgan fingerprint density at radius 3 is 2.62 bits per heavy atom. The van der Waals surface area contributed by atoms with Crippen LogP contribution >= 0.6 is 0 Å². The van der Waals surface area contributed by atoms with E-state index in [1.54, 1.807) is 0 Å². The lowest BCUT2D eigenvalue weighted by Gasteiger charge is -2.19. The maximum Gasteiger partial charge on any atom is 0.135 e. The van der Waals surface area contributed by atoms with Gasteiger partial charge in [0.1, 0.15) is 5.78 Å². The second-order valence-electron chi connectivity index (χ2n) is 3.98. The first kappa shape index (κ1) is 10.5. The largest absolute Gasteiger partial charge is 0.299 e. The minimum Gasteiger partial charge on any atom is -0.299 e. The molecule has 0 aromatic carbocycles. The highest BCUT2D eigenvalue weighted by molar-refractivity contribution is 5.80. The molecule has 0 unspecified atom stereocenters. The number of hydrogen-bond donors (Lipinski definition) is 0. The molecule has 0 amide bonds. The van der Waals surface area contributed by atoms with E-state index in [4.69, 9.17) is 0 Å². The predicted octanol–water partition coefficient (Wildman–Crippen LogP) is 3.49. The molecule has 1 nitrogen and oxygen atoms in total. The van der Waals surface area contributed by atoms with Crippen LogP contribution in [0.2, 0.25) is 0 Å². The van der Waals surface area contributed by atoms with Gasteiger partial charge in [-0.1, -0.05) is 25.3 Å². The Morgan fingerprint density at radius 2 is 2.00 bits per heavy atom. The van der Waals surface area contributed by atoms with Crippen molar-refractivity contribution >= 4 is 5.78 Å². The molecule has 1 rings (SSSR count). The highest BCUT2D eigenvalue weighted by atomic mass is 16.1. The molecule has 0 aromatic heterocycles. The van der Waals surface area contributed by atoms with Crippen LogP contribution in [0.1, 0.15) is 51.4 Å². The first-order chi connectivity index (χ1) is 6.34. The maximum absolute atomic E-state index is 11.6. The van der Waals surface area contributed by atoms with E-state index in [9.17, 15) is 4.79 Å². The van der Waals surface area contributed by atoms with Gasteiger partial charge >= 0.3 is 0 Å². The van der Waals surface area contributed by atoms with E-state index in [2.05, 4.69) is 6.58 Å². The zero-order chi connectivity index (χ0) is 9.52. The zero-order valence-corrected chi connectivity index (χ0v) is 8.43. The maximum atomic E-state index is 11.6. The number of hydrogen-bond acceptors (Lipinski definition) is 1. The molecule has 13 heavy (non-hydrogen) atoms. The van der Waals surface area contributed by atoms with Crippen LogP contribution in [-0.4, -0.2) is 5.78 Å². The average molecular weight is 180 g/mol. The Morgan fingerprint density at radius 1 is 1.31 bits per heavy atom. The first-order valence-electron chi connectivity index (χ1n) is 5.48. The number of carbonyl (C=O) groups is 1. The molecule has 74 valence electrons. The average Bonchev–Trinajstić information content (AvgIpc) is 2.19. The van der Waals surface area contributed by atoms with Crippen molar-refractivity contribution in [2.24, 2.45) is 5.92 Å². The molecule has 0 spiro atoms. The van der Waals surface area contributed by atoms with Crippen molar-refractivity contribution in [1.29, 1.82) is 0 Å². The van der Waals surface area contributed by atoms with E-state index in [1.807, 2.05) is 6.08 Å². The van der Waals surface area contributed by atoms with Gasteiger partial charge in [-0.15, -0.1) is 6.58 Å². The van der Waals surface area contributed by atoms with Crippen molar-refractivity contribution in [2.45, 2.75) is 51.4 Å². The van der Waals surface area contributed by atoms with Gasteiger partial charge in [0.05, 0.1) is 0 Å². The smallest absolute Gasteiger partial charge is 0.135 e. The molecule has 0 heterocycles. The summed E-state index contributed by atoms with van der Waals surface area (Å²) in [7, 11) is 0. The monoisotopic (exact) mass is 180 g/mol. The van der Waals surface area contributed by atoms with Gasteiger partial charge in [0.25, 0.3) is 0 Å². The Balaban J connectivity index is 2.17. The van der Waals surface area contributed by atoms with Crippen LogP contribution in [0.25, 0.3) is 0 Å². The topological polar surface area (TPSA) is 17.1 Å². The number of carbonyl (C=O) groups excluding carboxylic acids is 1. The summed E-state index contributed by atoms with van der Waals surface area (Å²) in [6.07, 6.45) is 10.8. The molecule has 0 aromatic rings. The minimum absolute atomic E-state index is 0.401. The Hall–Kier alpha value is -0.590. The van der Waals surface area contributed by atoms with Crippen LogP contribution < -0.4 is 0 Å². The molecule has 1 aliphatic carbocycles. The van der Waals surface area contributed by atoms with E-state index in [1.165, 1.54) is 19.3 Å². The molecule has 0 saturated heterocycles. The zero-order valence-electron chi connectivity index (χ0n) is 8.43. The Labute approximate surface area is 81.2 Å². The van der Waals surface area contributed by atoms with E-state index < -0.39 is 0 Å². The third kappa shape index (κ3) is 3.75. The van der Waals surface area contributed by atoms with Gasteiger partial charge in [-0.25, -0.2) is 0 Å². The number of ketones is 1. The summed E-state index contributed by atoms with van der Waals surface area (Å²) < 4.78 is 0. The fourth-order valence-electron chi connectivity index (χ4n) is 2.05. The molecule has 1 saturated carbocycles. The number of rotatable bonds is 5. The van der Waals surface area contributed by atoms with Gasteiger partial charge in [0.15, 0.2) is 0 Å². The van der Waals surface area contributed by atoms with Crippen LogP contribution in [0.4, 0.5) is 0 Å². The molecular formula is C12H20O. The fourth-order valence-corrected chi connectivity index (χ4v) is 2.05. The fraction of sp³-hybridized carbons (Fsp3) is 0.750. The van der Waals surface area contributed by atoms with Gasteiger partial charge in [-0.3, -0.25) is 4.79 Å². The molecule has 1 fully saturated rings. The van der Waals surface area contributed by atoms with Crippen LogP contribution in [0.3, 0.4) is 0 Å². The highest BCUT2D eigenvalue weighted by Crippen LogP contribution is 2.25. The van der Waals surface area contributed by atoms with Crippen molar-refractivity contribution in [2.75, 3.05) is 0 Å². The summed E-state index contributed by atoms with van der Waals surface area (Å²) in [4.78, 5) is 11.6. The molecule has 0 atom stereocenters. The molecule has 0 radical (unpaired) electrons. The molecule has 0 aliphatic heterocycles. The predicted molar refractivity (Wildman–Crippen MR) is 55.6 cm³/mol. The Bertz CT molecular complexity index is 166. The van der Waals surface area contributed by atoms with Crippen LogP contribution in [0, 0.1) is 5.92 Å². The lowest BCUT2D eigenvalue weighted by atomic mass is 9.85. The second-order valence-corrected chi connectivity index (χ2v) is 3.98. The van der Waals surface area contributed by atoms with Crippen LogP contribution in [0.15, 0.2) is 12.7 Å². The normalized spacial score (nSPS) is 18.5. The third-order valence-electron chi connectivity index (χ3n) is 2.89. The van der Waals surface area contributed by atoms with E-state index in [0.29, 0.717) is 11.7 Å². The van der Waals surface area contributed by atoms with Gasteiger partial charge in [0.2, 0.25) is 0 Å². The van der Waals surface area contributed by atoms with Gasteiger partial charge in [-0.05, 0) is 25.7 Å². The second kappa shape index (κ2) is 5.95. The highest BCUT2D eigenvalue weighted by Gasteiger charge is 2.19. The van der Waals surface area contributed by atoms with Crippen LogP contribution in [0.5, 0.6) is 0 Å². The van der Waals surface area contributed by atoms with Gasteiger partial charge < -0.3 is 0 Å². The lowest BCUT2D eigenvalue weighted by molar-refractivity contribution is -0.123. The standard InChI is InChI=1S/C12H20O/c1-2-3-5-10-12(13)11-8-6-4-7-9-11/h2,11H,1,3-10H2. The summed E-state index contributed by atoms with van der Waals surface area (Å²) >= 11 is 0. The van der Waals surface area contributed by atoms with Gasteiger partial charge in [0, 0.05) is 12.3 Å². The molecule has 0 bridgehead atoms. The number of Topliss-reactive ketones (excluding diaryl/α,β-unsaturated/α-hetero) is 1. The summed E-state index contributed by atoms with van der Waals surface area (Å²) in [6, 6.07) is 0. The van der Waals surface area contributed by atoms with Crippen molar-refractivity contribution in [3.05, 3.63) is 12.7 Å². The van der Waals surface area contributed by atoms with Gasteiger partial charge in [-0.2, -0.15) is 0 Å². The van der Waals surface area contributed by atoms with Crippen molar-refractivity contribution in [1.82, 2.24) is 0 Å². The number of allylic oxidation sites excluding steroid dienone is 1. The molecule has 1 heteroatoms. The van der Waals surface area contributed by atoms with Crippen LogP contribution in [-0.2, 0) is 4.79 Å². The Kier molecular flexibility index (Phi) is 4.81. The first-order valence-corrected chi connectivity index (χ1v) is 5.48. The van der Waals surface area contributed by atoms with Crippen molar-refractivity contribution < 1.29 is 4.79 Å². The van der Waals surface area contributed by atoms with E-state index in [0.717, 1.165) is 32.1 Å². The number of unbranched alkanes of at least 4 members (excludes halogenated alkanes) is 1. The summed E-state index contributed by atoms with van der Waals surface area (Å²) in [5.74, 6) is 0.903. The lowest BCUT2D eigenvalue weighted by Crippen LogP contribution is -2.17.